The van der Waals surface area contributed by atoms with Crippen LogP contribution in [0.25, 0.3) is 66.1 Å². The number of aryl methyl sites for hydroxylation is 12. The fourth-order valence-corrected chi connectivity index (χ4v) is 20.1. The lowest BCUT2D eigenvalue weighted by molar-refractivity contribution is 0.916. The summed E-state index contributed by atoms with van der Waals surface area (Å²) in [4.78, 5) is 9.81. The molecule has 636 valence electrons. The van der Waals surface area contributed by atoms with Gasteiger partial charge in [0.15, 0.2) is 0 Å². The average molecular weight is 1700 g/mol. The molecule has 0 amide bonds. The topological polar surface area (TPSA) is 13.0 Å². The summed E-state index contributed by atoms with van der Waals surface area (Å²) in [6, 6.07) is 178. The second-order valence-corrected chi connectivity index (χ2v) is 35.0. The summed E-state index contributed by atoms with van der Waals surface area (Å²) < 4.78 is 0. The Morgan fingerprint density at radius 2 is 0.326 bits per heavy atom. The molecule has 0 aliphatic heterocycles. The molecule has 0 N–H and O–H groups in total. The van der Waals surface area contributed by atoms with Crippen LogP contribution in [0.5, 0.6) is 0 Å². The van der Waals surface area contributed by atoms with Gasteiger partial charge in [-0.2, -0.15) is 0 Å². The Morgan fingerprint density at radius 1 is 0.129 bits per heavy atom. The van der Waals surface area contributed by atoms with E-state index in [2.05, 4.69) is 505 Å². The molecule has 0 unspecified atom stereocenters. The maximum atomic E-state index is 2.49. The number of anilines is 12. The predicted octanol–water partition coefficient (Wildman–Crippen LogP) is 33.6. The second-order valence-electron chi connectivity index (χ2n) is 35.0. The van der Waals surface area contributed by atoms with Crippen molar-refractivity contribution in [3.8, 4) is 44.5 Å². The standard InChI is InChI=1S/C48H38N2.C40H34N2.C40H32/c1-3-17-41(18-4-1)49(45-23-11-15-37-13-7-9-21-43(37)45)47-33-35-25-29-39(47)31-27-36-26-30-40(32-28-35)48(34-36)50(42-19-5-2-6-20-42)46-24-12-16-38-14-8-10-22-44(38)46;1-5-13-35(14-6-1)41(36-15-7-2-8-16-36)39-29-31-21-25-33(39)27-23-32-22-26-34(28-24-31)40(30-32)42(37-17-9-3-10-18-37)38-19-11-4-12-20-38;1-5-13-29(14-6-1)37-25-34-23-24-36-28-39(31-17-9-3-10-18-31)35(27-40(36)32-19-11-4-12-20-32)22-21-33(37)26-38(34)30-15-7-2-8-16-30/h1-26,29-30,33-34H,27-28,31-32H2;1-22,25-26,29-30H,23-24,27-28H2;1-20,25-28H,21-24H2. The summed E-state index contributed by atoms with van der Waals surface area (Å²) in [5.74, 6) is 0. The first-order chi connectivity index (χ1) is 65.5. The summed E-state index contributed by atoms with van der Waals surface area (Å²) >= 11 is 0. The Bertz CT molecular complexity index is 6690. The van der Waals surface area contributed by atoms with Gasteiger partial charge in [-0.25, -0.2) is 0 Å². The lowest BCUT2D eigenvalue weighted by Crippen LogP contribution is -2.15. The first kappa shape index (κ1) is 83.1. The van der Waals surface area contributed by atoms with Gasteiger partial charge in [-0.3, -0.25) is 0 Å². The largest absolute Gasteiger partial charge is 0.310 e. The molecule has 0 saturated heterocycles. The van der Waals surface area contributed by atoms with Gasteiger partial charge in [-0.05, 0) is 308 Å². The summed E-state index contributed by atoms with van der Waals surface area (Å²) in [6.45, 7) is 0. The van der Waals surface area contributed by atoms with E-state index >= 15 is 0 Å². The van der Waals surface area contributed by atoms with E-state index in [0.29, 0.717) is 0 Å². The van der Waals surface area contributed by atoms with Crippen LogP contribution in [0.3, 0.4) is 0 Å². The molecule has 32 rings (SSSR count). The van der Waals surface area contributed by atoms with Crippen molar-refractivity contribution < 1.29 is 0 Å². The second kappa shape index (κ2) is 39.0. The average Bonchev–Trinajstić information content (AvgIpc) is 0.731. The molecule has 0 aromatic heterocycles. The molecule has 12 aliphatic rings. The van der Waals surface area contributed by atoms with E-state index < -0.39 is 0 Å². The summed E-state index contributed by atoms with van der Waals surface area (Å²) in [5.41, 5.74) is 41.7. The van der Waals surface area contributed by atoms with Crippen LogP contribution in [0.15, 0.2) is 485 Å². The minimum absolute atomic E-state index is 0.933. The molecule has 0 saturated carbocycles. The maximum absolute atomic E-state index is 2.49. The van der Waals surface area contributed by atoms with Gasteiger partial charge < -0.3 is 19.6 Å². The van der Waals surface area contributed by atoms with E-state index in [1.165, 1.54) is 201 Å². The quantitative estimate of drug-likeness (QED) is 0.0956. The van der Waals surface area contributed by atoms with Gasteiger partial charge in [-0.15, -0.1) is 0 Å². The SMILES string of the molecule is c1ccc(-c2cc3c(-c4ccccc4)cc2CCc2cc(-c4ccccc4)c(cc2-c2ccccc2)CC3)cc1.c1ccc(N(c2cc3ccc2CCc2ccc(c(N(c4ccccc4)c4cccc5ccccc45)c2)CC3)c2cccc3ccccc23)cc1.c1ccc(N(c2ccccc2)c2cc3ccc2CCc2ccc(c(N(c4ccccc4)c4ccccc4)c2)CC3)cc1. The van der Waals surface area contributed by atoms with Crippen molar-refractivity contribution in [2.45, 2.75) is 77.0 Å². The molecule has 4 nitrogen and oxygen atoms in total. The summed E-state index contributed by atoms with van der Waals surface area (Å²) in [6.07, 6.45) is 11.5. The van der Waals surface area contributed by atoms with Crippen LogP contribution in [-0.2, 0) is 77.0 Å². The molecule has 0 heterocycles. The number of hydrogen-bond acceptors (Lipinski definition) is 4. The van der Waals surface area contributed by atoms with Crippen LogP contribution in [0.4, 0.5) is 68.2 Å². The molecule has 20 aromatic carbocycles. The lowest BCUT2D eigenvalue weighted by atomic mass is 9.82. The number of fused-ring (bicyclic) bond motifs is 2. The summed E-state index contributed by atoms with van der Waals surface area (Å²) in [5, 5.41) is 5.01. The minimum atomic E-state index is 0.933. The lowest BCUT2D eigenvalue weighted by Gasteiger charge is -2.31. The molecule has 4 heteroatoms. The van der Waals surface area contributed by atoms with Gasteiger partial charge in [0.05, 0.1) is 11.4 Å². The van der Waals surface area contributed by atoms with Crippen molar-refractivity contribution in [3.05, 3.63) is 552 Å². The zero-order chi connectivity index (χ0) is 88.1. The summed E-state index contributed by atoms with van der Waals surface area (Å²) in [7, 11) is 0. The van der Waals surface area contributed by atoms with Crippen LogP contribution in [0.1, 0.15) is 66.8 Å². The Kier molecular flexibility index (Phi) is 24.5. The third kappa shape index (κ3) is 18.1. The maximum Gasteiger partial charge on any atom is 0.0540 e. The van der Waals surface area contributed by atoms with Gasteiger partial charge in [0, 0.05) is 67.6 Å². The van der Waals surface area contributed by atoms with Gasteiger partial charge in [-0.1, -0.05) is 376 Å². The third-order valence-corrected chi connectivity index (χ3v) is 26.7. The highest BCUT2D eigenvalue weighted by atomic mass is 15.2. The molecule has 12 bridgehead atoms. The fourth-order valence-electron chi connectivity index (χ4n) is 20.1. The molecule has 0 fully saturated rings. The number of nitrogens with zero attached hydrogens (tertiary/aromatic N) is 4. The van der Waals surface area contributed by atoms with Crippen molar-refractivity contribution in [2.24, 2.45) is 0 Å². The van der Waals surface area contributed by atoms with E-state index in [4.69, 9.17) is 0 Å². The van der Waals surface area contributed by atoms with Gasteiger partial charge in [0.1, 0.15) is 0 Å². The smallest absolute Gasteiger partial charge is 0.0540 e. The molecular weight excluding hydrogens is 1590 g/mol. The van der Waals surface area contributed by atoms with Crippen LogP contribution in [0.2, 0.25) is 0 Å². The normalized spacial score (nSPS) is 12.5. The van der Waals surface area contributed by atoms with Crippen LogP contribution in [-0.4, -0.2) is 0 Å². The first-order valence-electron chi connectivity index (χ1n) is 46.9. The van der Waals surface area contributed by atoms with Crippen molar-refractivity contribution in [1.29, 1.82) is 0 Å². The monoisotopic (exact) mass is 1700 g/mol. The Labute approximate surface area is 777 Å². The highest BCUT2D eigenvalue weighted by Crippen LogP contribution is 2.48. The molecule has 132 heavy (non-hydrogen) atoms. The van der Waals surface area contributed by atoms with E-state index in [-0.39, 0.29) is 0 Å². The zero-order valence-electron chi connectivity index (χ0n) is 74.5. The molecule has 0 spiro atoms. The Hall–Kier alpha value is -15.9. The van der Waals surface area contributed by atoms with Crippen molar-refractivity contribution in [1.82, 2.24) is 0 Å². The number of benzene rings is 20. The van der Waals surface area contributed by atoms with Crippen LogP contribution in [0, 0.1) is 0 Å². The Morgan fingerprint density at radius 3 is 0.576 bits per heavy atom. The van der Waals surface area contributed by atoms with Crippen LogP contribution < -0.4 is 19.6 Å². The van der Waals surface area contributed by atoms with E-state index in [1.54, 1.807) is 0 Å². The highest BCUT2D eigenvalue weighted by Gasteiger charge is 2.27. The molecule has 20 aromatic rings. The van der Waals surface area contributed by atoms with Crippen molar-refractivity contribution >= 4 is 89.8 Å². The number of para-hydroxylation sites is 6. The van der Waals surface area contributed by atoms with Gasteiger partial charge in [0.25, 0.3) is 0 Å². The first-order valence-corrected chi connectivity index (χ1v) is 46.9. The third-order valence-electron chi connectivity index (χ3n) is 26.7. The molecular formula is C128H104N4. The molecule has 12 aliphatic carbocycles. The van der Waals surface area contributed by atoms with Crippen LogP contribution >= 0.6 is 0 Å². The minimum Gasteiger partial charge on any atom is -0.310 e. The molecule has 0 radical (unpaired) electrons. The zero-order valence-corrected chi connectivity index (χ0v) is 74.5. The van der Waals surface area contributed by atoms with Crippen molar-refractivity contribution in [2.75, 3.05) is 19.6 Å². The van der Waals surface area contributed by atoms with Gasteiger partial charge >= 0.3 is 0 Å². The number of rotatable bonds is 16. The van der Waals surface area contributed by atoms with Gasteiger partial charge in [0.2, 0.25) is 0 Å². The highest BCUT2D eigenvalue weighted by molar-refractivity contribution is 6.01. The van der Waals surface area contributed by atoms with E-state index in [1.807, 2.05) is 0 Å². The molecule has 0 atom stereocenters. The van der Waals surface area contributed by atoms with Crippen molar-refractivity contribution in [3.63, 3.8) is 0 Å². The fraction of sp³-hybridized carbons (Fsp3) is 0.0938. The van der Waals surface area contributed by atoms with E-state index in [0.717, 1.165) is 77.0 Å². The Balaban J connectivity index is 0.000000120. The van der Waals surface area contributed by atoms with E-state index in [9.17, 15) is 0 Å². The number of hydrogen-bond donors (Lipinski definition) is 0. The predicted molar refractivity (Wildman–Crippen MR) is 559 cm³/mol.